The SMILES string of the molecule is CC(C)CCCC(C)C1CCC2C3CCC4Cc5nc6ccc(Cl)cc6nc5CC4(C)C3CCC12C. The zero-order valence-electron chi connectivity index (χ0n) is 23.3. The summed E-state index contributed by atoms with van der Waals surface area (Å²) < 4.78 is 0. The Kier molecular flexibility index (Phi) is 6.46. The number of hydrogen-bond donors (Lipinski definition) is 0. The van der Waals surface area contributed by atoms with E-state index in [1.807, 2.05) is 18.2 Å². The van der Waals surface area contributed by atoms with Gasteiger partial charge in [-0.05, 0) is 122 Å². The van der Waals surface area contributed by atoms with Gasteiger partial charge < -0.3 is 0 Å². The molecule has 36 heavy (non-hydrogen) atoms. The lowest BCUT2D eigenvalue weighted by atomic mass is 9.44. The van der Waals surface area contributed by atoms with E-state index in [1.165, 1.54) is 69.2 Å². The standard InChI is InChI=1S/C33H47ClN2/c1-20(2)7-6-8-21(3)25-12-13-26-24-11-9-22-17-29-31(36-30-18-23(34)10-14-28(30)35-29)19-33(22,5)27(24)15-16-32(25,26)4/h10,14,18,20-22,24-27H,6-9,11-13,15-17,19H2,1-5H3. The maximum atomic E-state index is 6.30. The molecule has 2 nitrogen and oxygen atoms in total. The quantitative estimate of drug-likeness (QED) is 0.403. The third-order valence-electron chi connectivity index (χ3n) is 12.0. The predicted molar refractivity (Wildman–Crippen MR) is 151 cm³/mol. The second kappa shape index (κ2) is 9.25. The summed E-state index contributed by atoms with van der Waals surface area (Å²) in [5.41, 5.74) is 5.45. The Balaban J connectivity index is 1.23. The van der Waals surface area contributed by atoms with Crippen LogP contribution in [-0.2, 0) is 12.8 Å². The Morgan fingerprint density at radius 1 is 0.889 bits per heavy atom. The van der Waals surface area contributed by atoms with Crippen LogP contribution in [0.15, 0.2) is 18.2 Å². The van der Waals surface area contributed by atoms with Crippen molar-refractivity contribution in [3.63, 3.8) is 0 Å². The van der Waals surface area contributed by atoms with E-state index in [1.54, 1.807) is 0 Å². The Hall–Kier alpha value is -1.15. The van der Waals surface area contributed by atoms with Crippen LogP contribution >= 0.6 is 11.6 Å². The first-order valence-electron chi connectivity index (χ1n) is 15.1. The average Bonchev–Trinajstić information content (AvgIpc) is 3.18. The molecule has 0 N–H and O–H groups in total. The molecule has 6 rings (SSSR count). The normalized spacial score (nSPS) is 38.4. The molecule has 0 radical (unpaired) electrons. The van der Waals surface area contributed by atoms with E-state index in [9.17, 15) is 0 Å². The molecule has 8 unspecified atom stereocenters. The fraction of sp³-hybridized carbons (Fsp3) is 0.758. The van der Waals surface area contributed by atoms with Crippen molar-refractivity contribution >= 4 is 22.6 Å². The number of rotatable bonds is 5. The van der Waals surface area contributed by atoms with Crippen molar-refractivity contribution in [3.05, 3.63) is 34.6 Å². The van der Waals surface area contributed by atoms with Crippen molar-refractivity contribution in [1.29, 1.82) is 0 Å². The minimum absolute atomic E-state index is 0.374. The highest BCUT2D eigenvalue weighted by molar-refractivity contribution is 6.31. The first-order chi connectivity index (χ1) is 17.2. The average molecular weight is 507 g/mol. The highest BCUT2D eigenvalue weighted by atomic mass is 35.5. The number of halogens is 1. The van der Waals surface area contributed by atoms with Crippen molar-refractivity contribution in [2.45, 2.75) is 105 Å². The lowest BCUT2D eigenvalue weighted by Gasteiger charge is -2.60. The number of nitrogens with zero attached hydrogens (tertiary/aromatic N) is 2. The molecule has 1 aromatic heterocycles. The number of aromatic nitrogens is 2. The van der Waals surface area contributed by atoms with Gasteiger partial charge in [-0.1, -0.05) is 65.5 Å². The fourth-order valence-corrected chi connectivity index (χ4v) is 10.3. The van der Waals surface area contributed by atoms with E-state index in [4.69, 9.17) is 21.6 Å². The molecule has 1 aromatic carbocycles. The number of benzene rings is 1. The predicted octanol–water partition coefficient (Wildman–Crippen LogP) is 9.32. The van der Waals surface area contributed by atoms with Crippen molar-refractivity contribution in [1.82, 2.24) is 9.97 Å². The van der Waals surface area contributed by atoms with Gasteiger partial charge in [0, 0.05) is 5.02 Å². The van der Waals surface area contributed by atoms with Gasteiger partial charge in [0.15, 0.2) is 0 Å². The van der Waals surface area contributed by atoms with Crippen molar-refractivity contribution in [3.8, 4) is 0 Å². The van der Waals surface area contributed by atoms with E-state index >= 15 is 0 Å². The summed E-state index contributed by atoms with van der Waals surface area (Å²) in [5, 5.41) is 0.759. The van der Waals surface area contributed by atoms with Crippen molar-refractivity contribution < 1.29 is 0 Å². The van der Waals surface area contributed by atoms with Gasteiger partial charge in [0.25, 0.3) is 0 Å². The van der Waals surface area contributed by atoms with Gasteiger partial charge in [-0.3, -0.25) is 0 Å². The summed E-state index contributed by atoms with van der Waals surface area (Å²) in [6, 6.07) is 5.98. The lowest BCUT2D eigenvalue weighted by molar-refractivity contribution is -0.104. The molecule has 3 saturated carbocycles. The summed E-state index contributed by atoms with van der Waals surface area (Å²) in [5.74, 6) is 6.15. The van der Waals surface area contributed by atoms with E-state index in [0.717, 1.165) is 70.3 Å². The topological polar surface area (TPSA) is 25.8 Å². The largest absolute Gasteiger partial charge is 0.249 e. The zero-order valence-corrected chi connectivity index (χ0v) is 24.1. The molecule has 0 aliphatic heterocycles. The van der Waals surface area contributed by atoms with Crippen LogP contribution in [0, 0.1) is 52.3 Å². The van der Waals surface area contributed by atoms with Gasteiger partial charge in [-0.15, -0.1) is 0 Å². The molecule has 3 fully saturated rings. The molecule has 0 spiro atoms. The molecule has 2 aromatic rings. The summed E-state index contributed by atoms with van der Waals surface area (Å²) >= 11 is 6.30. The second-order valence-corrected chi connectivity index (χ2v) is 14.8. The molecule has 4 aliphatic carbocycles. The molecule has 8 atom stereocenters. The third-order valence-corrected chi connectivity index (χ3v) is 12.3. The van der Waals surface area contributed by atoms with Crippen LogP contribution in [0.25, 0.3) is 11.0 Å². The van der Waals surface area contributed by atoms with Crippen molar-refractivity contribution in [2.75, 3.05) is 0 Å². The van der Waals surface area contributed by atoms with Crippen LogP contribution < -0.4 is 0 Å². The molecule has 196 valence electrons. The summed E-state index contributed by atoms with van der Waals surface area (Å²) in [4.78, 5) is 10.3. The molecule has 1 heterocycles. The van der Waals surface area contributed by atoms with Gasteiger partial charge in [-0.2, -0.15) is 0 Å². The van der Waals surface area contributed by atoms with Gasteiger partial charge in [0.2, 0.25) is 0 Å². The summed E-state index contributed by atoms with van der Waals surface area (Å²) in [6.45, 7) is 12.7. The van der Waals surface area contributed by atoms with E-state index in [2.05, 4.69) is 34.6 Å². The first-order valence-corrected chi connectivity index (χ1v) is 15.5. The van der Waals surface area contributed by atoms with Crippen molar-refractivity contribution in [2.24, 2.45) is 52.3 Å². The molecular formula is C33H47ClN2. The molecule has 3 heteroatoms. The maximum absolute atomic E-state index is 6.30. The van der Waals surface area contributed by atoms with Crippen LogP contribution in [0.5, 0.6) is 0 Å². The van der Waals surface area contributed by atoms with Crippen LogP contribution in [-0.4, -0.2) is 9.97 Å². The third kappa shape index (κ3) is 4.04. The van der Waals surface area contributed by atoms with E-state index in [-0.39, 0.29) is 0 Å². The minimum Gasteiger partial charge on any atom is -0.249 e. The summed E-state index contributed by atoms with van der Waals surface area (Å²) in [7, 11) is 0. The molecular weight excluding hydrogens is 460 g/mol. The molecule has 0 saturated heterocycles. The highest BCUT2D eigenvalue weighted by Gasteiger charge is 2.60. The van der Waals surface area contributed by atoms with Gasteiger partial charge in [-0.25, -0.2) is 9.97 Å². The summed E-state index contributed by atoms with van der Waals surface area (Å²) in [6.07, 6.45) is 15.2. The zero-order chi connectivity index (χ0) is 25.2. The Morgan fingerprint density at radius 2 is 1.67 bits per heavy atom. The Bertz CT molecular complexity index is 1130. The first kappa shape index (κ1) is 25.1. The second-order valence-electron chi connectivity index (χ2n) is 14.3. The van der Waals surface area contributed by atoms with Crippen LogP contribution in [0.1, 0.15) is 104 Å². The van der Waals surface area contributed by atoms with E-state index < -0.39 is 0 Å². The minimum atomic E-state index is 0.374. The van der Waals surface area contributed by atoms with Crippen LogP contribution in [0.4, 0.5) is 0 Å². The van der Waals surface area contributed by atoms with Crippen LogP contribution in [0.2, 0.25) is 5.02 Å². The van der Waals surface area contributed by atoms with Gasteiger partial charge in [0.1, 0.15) is 0 Å². The maximum Gasteiger partial charge on any atom is 0.0905 e. The smallest absolute Gasteiger partial charge is 0.0905 e. The van der Waals surface area contributed by atoms with Gasteiger partial charge >= 0.3 is 0 Å². The van der Waals surface area contributed by atoms with Gasteiger partial charge in [0.05, 0.1) is 22.4 Å². The fourth-order valence-electron chi connectivity index (χ4n) is 10.2. The molecule has 0 amide bonds. The Morgan fingerprint density at radius 3 is 2.47 bits per heavy atom. The molecule has 4 aliphatic rings. The number of hydrogen-bond acceptors (Lipinski definition) is 2. The molecule has 0 bridgehead atoms. The van der Waals surface area contributed by atoms with E-state index in [0.29, 0.717) is 10.8 Å². The highest BCUT2D eigenvalue weighted by Crippen LogP contribution is 2.67. The number of fused-ring (bicyclic) bond motifs is 7. The monoisotopic (exact) mass is 506 g/mol. The lowest BCUT2D eigenvalue weighted by Crippen LogP contribution is -2.54. The van der Waals surface area contributed by atoms with Crippen LogP contribution in [0.3, 0.4) is 0 Å². The Labute approximate surface area is 224 Å².